The van der Waals surface area contributed by atoms with Crippen LogP contribution in [0.4, 0.5) is 18.3 Å². The van der Waals surface area contributed by atoms with E-state index in [0.29, 0.717) is 16.0 Å². The summed E-state index contributed by atoms with van der Waals surface area (Å²) < 4.78 is 43.8. The van der Waals surface area contributed by atoms with Gasteiger partial charge in [-0.1, -0.05) is 22.9 Å². The number of alkyl halides is 3. The van der Waals surface area contributed by atoms with E-state index in [9.17, 15) is 13.2 Å². The Morgan fingerprint density at radius 2 is 2.25 bits per heavy atom. The minimum atomic E-state index is -4.47. The Balaban J connectivity index is 1.62. The van der Waals surface area contributed by atoms with Gasteiger partial charge in [-0.25, -0.2) is 4.98 Å². The van der Waals surface area contributed by atoms with Crippen LogP contribution in [-0.4, -0.2) is 34.4 Å². The third-order valence-electron chi connectivity index (χ3n) is 3.23. The van der Waals surface area contributed by atoms with Crippen molar-refractivity contribution in [3.8, 4) is 0 Å². The molecular formula is C13H12ClF3N4OS2. The topological polar surface area (TPSA) is 59.9 Å². The maximum Gasteiger partial charge on any atom is 0.417 e. The van der Waals surface area contributed by atoms with Crippen molar-refractivity contribution in [2.45, 2.75) is 34.5 Å². The van der Waals surface area contributed by atoms with Gasteiger partial charge in [-0.2, -0.15) is 13.2 Å². The molecule has 2 aromatic rings. The number of anilines is 1. The lowest BCUT2D eigenvalue weighted by Crippen LogP contribution is -2.18. The van der Waals surface area contributed by atoms with E-state index in [1.807, 2.05) is 0 Å². The Kier molecular flexibility index (Phi) is 5.48. The number of halogens is 4. The van der Waals surface area contributed by atoms with Crippen LogP contribution in [0.25, 0.3) is 0 Å². The molecule has 130 valence electrons. The summed E-state index contributed by atoms with van der Waals surface area (Å²) in [6.07, 6.45) is -1.47. The summed E-state index contributed by atoms with van der Waals surface area (Å²) in [6.45, 7) is 1.43. The van der Waals surface area contributed by atoms with Crippen LogP contribution in [0.15, 0.2) is 21.6 Å². The van der Waals surface area contributed by atoms with Crippen LogP contribution in [0.5, 0.6) is 0 Å². The van der Waals surface area contributed by atoms with E-state index < -0.39 is 11.7 Å². The molecule has 1 atom stereocenters. The summed E-state index contributed by atoms with van der Waals surface area (Å²) in [5.74, 6) is 0. The first kappa shape index (κ1) is 17.7. The van der Waals surface area contributed by atoms with Gasteiger partial charge in [0.15, 0.2) is 4.34 Å². The summed E-state index contributed by atoms with van der Waals surface area (Å²) in [4.78, 5) is 3.77. The van der Waals surface area contributed by atoms with Crippen molar-refractivity contribution in [1.29, 1.82) is 0 Å². The molecule has 0 radical (unpaired) electrons. The van der Waals surface area contributed by atoms with Crippen LogP contribution >= 0.6 is 34.7 Å². The van der Waals surface area contributed by atoms with Gasteiger partial charge in [0, 0.05) is 19.3 Å². The number of nitrogens with zero attached hydrogens (tertiary/aromatic N) is 3. The average Bonchev–Trinajstić information content (AvgIpc) is 3.17. The Morgan fingerprint density at radius 3 is 2.92 bits per heavy atom. The SMILES string of the molecule is FC(F)(F)c1cnc(Sc2nnc(NCC3CCCO3)s2)c(Cl)c1. The molecule has 3 rings (SSSR count). The molecule has 0 bridgehead atoms. The number of pyridine rings is 1. The van der Waals surface area contributed by atoms with E-state index in [2.05, 4.69) is 20.5 Å². The van der Waals surface area contributed by atoms with Gasteiger partial charge in [-0.3, -0.25) is 0 Å². The summed E-state index contributed by atoms with van der Waals surface area (Å²) in [5.41, 5.74) is -0.881. The van der Waals surface area contributed by atoms with Crippen molar-refractivity contribution in [3.05, 3.63) is 22.8 Å². The molecule has 5 nitrogen and oxygen atoms in total. The largest absolute Gasteiger partial charge is 0.417 e. The quantitative estimate of drug-likeness (QED) is 0.810. The fraction of sp³-hybridized carbons (Fsp3) is 0.462. The van der Waals surface area contributed by atoms with Crippen molar-refractivity contribution >= 4 is 39.8 Å². The molecule has 1 aliphatic heterocycles. The molecule has 11 heteroatoms. The van der Waals surface area contributed by atoms with Gasteiger partial charge < -0.3 is 10.1 Å². The summed E-state index contributed by atoms with van der Waals surface area (Å²) in [7, 11) is 0. The number of hydrogen-bond acceptors (Lipinski definition) is 7. The monoisotopic (exact) mass is 396 g/mol. The molecule has 0 amide bonds. The third kappa shape index (κ3) is 4.50. The minimum Gasteiger partial charge on any atom is -0.376 e. The van der Waals surface area contributed by atoms with Gasteiger partial charge in [0.05, 0.1) is 16.7 Å². The van der Waals surface area contributed by atoms with Crippen molar-refractivity contribution < 1.29 is 17.9 Å². The zero-order valence-corrected chi connectivity index (χ0v) is 14.5. The van der Waals surface area contributed by atoms with E-state index in [1.54, 1.807) is 0 Å². The molecule has 1 fully saturated rings. The summed E-state index contributed by atoms with van der Waals surface area (Å²) in [6, 6.07) is 0.856. The first-order valence-corrected chi connectivity index (χ1v) is 9.02. The van der Waals surface area contributed by atoms with E-state index in [4.69, 9.17) is 16.3 Å². The lowest BCUT2D eigenvalue weighted by molar-refractivity contribution is -0.137. The fourth-order valence-electron chi connectivity index (χ4n) is 2.07. The Morgan fingerprint density at radius 1 is 1.42 bits per heavy atom. The van der Waals surface area contributed by atoms with Gasteiger partial charge in [-0.15, -0.1) is 10.2 Å². The molecule has 1 N–H and O–H groups in total. The molecule has 0 spiro atoms. The smallest absolute Gasteiger partial charge is 0.376 e. The first-order chi connectivity index (χ1) is 11.4. The molecule has 1 unspecified atom stereocenters. The zero-order valence-electron chi connectivity index (χ0n) is 12.1. The molecule has 2 aromatic heterocycles. The van der Waals surface area contributed by atoms with E-state index >= 15 is 0 Å². The van der Waals surface area contributed by atoms with Crippen molar-refractivity contribution in [1.82, 2.24) is 15.2 Å². The van der Waals surface area contributed by atoms with Gasteiger partial charge in [0.1, 0.15) is 5.03 Å². The highest BCUT2D eigenvalue weighted by Crippen LogP contribution is 2.37. The normalized spacial score (nSPS) is 18.1. The maximum atomic E-state index is 12.6. The number of nitrogens with one attached hydrogen (secondary N) is 1. The van der Waals surface area contributed by atoms with Gasteiger partial charge in [0.25, 0.3) is 0 Å². The van der Waals surface area contributed by atoms with E-state index in [0.717, 1.165) is 43.5 Å². The molecule has 0 aliphatic carbocycles. The van der Waals surface area contributed by atoms with Crippen molar-refractivity contribution in [2.75, 3.05) is 18.5 Å². The Hall–Kier alpha value is -1.10. The summed E-state index contributed by atoms with van der Waals surface area (Å²) in [5, 5.41) is 11.9. The standard InChI is InChI=1S/C13H12ClF3N4OS2/c14-9-4-7(13(15,16)17)5-18-10(9)23-12-21-20-11(24-12)19-6-8-2-1-3-22-8/h4-5,8H,1-3,6H2,(H,19,20). The van der Waals surface area contributed by atoms with Crippen LogP contribution in [0.3, 0.4) is 0 Å². The number of ether oxygens (including phenoxy) is 1. The molecule has 0 aromatic carbocycles. The van der Waals surface area contributed by atoms with Crippen LogP contribution in [0.1, 0.15) is 18.4 Å². The highest BCUT2D eigenvalue weighted by atomic mass is 35.5. The molecule has 1 saturated heterocycles. The van der Waals surface area contributed by atoms with Crippen LogP contribution in [0.2, 0.25) is 5.02 Å². The fourth-order valence-corrected chi connectivity index (χ4v) is 3.98. The zero-order chi connectivity index (χ0) is 17.2. The number of hydrogen-bond donors (Lipinski definition) is 1. The first-order valence-electron chi connectivity index (χ1n) is 7.01. The van der Waals surface area contributed by atoms with E-state index in [-0.39, 0.29) is 16.2 Å². The average molecular weight is 397 g/mol. The number of aromatic nitrogens is 3. The molecule has 1 aliphatic rings. The molecule has 3 heterocycles. The van der Waals surface area contributed by atoms with Crippen LogP contribution < -0.4 is 5.32 Å². The van der Waals surface area contributed by atoms with Crippen LogP contribution in [0, 0.1) is 0 Å². The molecular weight excluding hydrogens is 385 g/mol. The second kappa shape index (κ2) is 7.42. The molecule has 24 heavy (non-hydrogen) atoms. The highest BCUT2D eigenvalue weighted by Gasteiger charge is 2.31. The Labute approximate surface area is 149 Å². The maximum absolute atomic E-state index is 12.6. The third-order valence-corrected chi connectivity index (χ3v) is 5.58. The highest BCUT2D eigenvalue weighted by molar-refractivity contribution is 8.01. The lowest BCUT2D eigenvalue weighted by Gasteiger charge is -2.08. The Bertz CT molecular complexity index is 707. The second-order valence-electron chi connectivity index (χ2n) is 5.00. The predicted octanol–water partition coefficient (Wildman–Crippen LogP) is 4.35. The van der Waals surface area contributed by atoms with Crippen LogP contribution in [-0.2, 0) is 10.9 Å². The van der Waals surface area contributed by atoms with Gasteiger partial charge in [-0.05, 0) is 30.7 Å². The number of rotatable bonds is 5. The molecule has 0 saturated carbocycles. The second-order valence-corrected chi connectivity index (χ2v) is 7.62. The predicted molar refractivity (Wildman–Crippen MR) is 85.7 cm³/mol. The van der Waals surface area contributed by atoms with E-state index in [1.165, 1.54) is 11.3 Å². The van der Waals surface area contributed by atoms with Gasteiger partial charge >= 0.3 is 6.18 Å². The van der Waals surface area contributed by atoms with Gasteiger partial charge in [0.2, 0.25) is 5.13 Å². The van der Waals surface area contributed by atoms with Crippen molar-refractivity contribution in [3.63, 3.8) is 0 Å². The lowest BCUT2D eigenvalue weighted by atomic mass is 10.2. The minimum absolute atomic E-state index is 0.0705. The summed E-state index contributed by atoms with van der Waals surface area (Å²) >= 11 is 8.24. The van der Waals surface area contributed by atoms with Crippen molar-refractivity contribution in [2.24, 2.45) is 0 Å².